The van der Waals surface area contributed by atoms with Gasteiger partial charge in [-0.15, -0.1) is 11.3 Å². The number of amides is 1. The highest BCUT2D eigenvalue weighted by molar-refractivity contribution is 7.11. The van der Waals surface area contributed by atoms with Crippen LogP contribution in [0.15, 0.2) is 6.20 Å². The second-order valence-electron chi connectivity index (χ2n) is 4.56. The van der Waals surface area contributed by atoms with Crippen molar-refractivity contribution in [1.82, 2.24) is 10.3 Å². The molecule has 2 rings (SSSR count). The van der Waals surface area contributed by atoms with Crippen LogP contribution in [0.4, 0.5) is 0 Å². The van der Waals surface area contributed by atoms with Crippen molar-refractivity contribution in [2.75, 3.05) is 13.2 Å². The predicted molar refractivity (Wildman–Crippen MR) is 71.4 cm³/mol. The molecule has 5 nitrogen and oxygen atoms in total. The maximum atomic E-state index is 12.2. The van der Waals surface area contributed by atoms with Gasteiger partial charge in [0.05, 0.1) is 12.6 Å². The second kappa shape index (κ2) is 6.13. The highest BCUT2D eigenvalue weighted by atomic mass is 32.1. The van der Waals surface area contributed by atoms with E-state index in [2.05, 4.69) is 23.3 Å². The average Bonchev–Trinajstić information content (AvgIpc) is 2.93. The van der Waals surface area contributed by atoms with Gasteiger partial charge in [0.2, 0.25) is 5.91 Å². The van der Waals surface area contributed by atoms with Crippen molar-refractivity contribution in [3.63, 3.8) is 0 Å². The second-order valence-corrected chi connectivity index (χ2v) is 5.76. The molecule has 1 N–H and O–H groups in total. The van der Waals surface area contributed by atoms with E-state index < -0.39 is 5.41 Å². The Morgan fingerprint density at radius 1 is 1.63 bits per heavy atom. The molecule has 19 heavy (non-hydrogen) atoms. The molecule has 0 unspecified atom stereocenters. The first kappa shape index (κ1) is 14.0. The molecule has 1 aromatic rings. The summed E-state index contributed by atoms with van der Waals surface area (Å²) < 4.78 is 5.22. The maximum Gasteiger partial charge on any atom is 0.241 e. The zero-order valence-corrected chi connectivity index (χ0v) is 11.8. The Kier molecular flexibility index (Phi) is 4.51. The standard InChI is InChI=1S/C13H17N3O2S/c1-2-10-7-15-11(19-10)8-16-12(17)13(9-14)3-5-18-6-4-13/h7H,2-6,8H2,1H3,(H,16,17). The van der Waals surface area contributed by atoms with Gasteiger partial charge in [0.1, 0.15) is 10.4 Å². The normalized spacial score (nSPS) is 17.7. The van der Waals surface area contributed by atoms with Crippen molar-refractivity contribution in [3.05, 3.63) is 16.1 Å². The van der Waals surface area contributed by atoms with Crippen molar-refractivity contribution in [2.24, 2.45) is 5.41 Å². The Morgan fingerprint density at radius 2 is 2.37 bits per heavy atom. The first-order chi connectivity index (χ1) is 9.20. The summed E-state index contributed by atoms with van der Waals surface area (Å²) in [6.45, 7) is 3.41. The Balaban J connectivity index is 1.94. The molecule has 0 spiro atoms. The van der Waals surface area contributed by atoms with E-state index in [0.29, 0.717) is 32.6 Å². The molecule has 102 valence electrons. The number of nitriles is 1. The third-order valence-corrected chi connectivity index (χ3v) is 4.49. The van der Waals surface area contributed by atoms with E-state index in [0.717, 1.165) is 11.4 Å². The number of carbonyl (C=O) groups is 1. The summed E-state index contributed by atoms with van der Waals surface area (Å²) in [5.74, 6) is -0.202. The SMILES string of the molecule is CCc1cnc(CNC(=O)C2(C#N)CCOCC2)s1. The molecule has 6 heteroatoms. The van der Waals surface area contributed by atoms with Gasteiger partial charge in [-0.05, 0) is 19.3 Å². The van der Waals surface area contributed by atoms with Gasteiger partial charge in [-0.1, -0.05) is 6.92 Å². The Labute approximate surface area is 116 Å². The van der Waals surface area contributed by atoms with E-state index in [-0.39, 0.29) is 5.91 Å². The third-order valence-electron chi connectivity index (χ3n) is 3.35. The van der Waals surface area contributed by atoms with Gasteiger partial charge in [0, 0.05) is 24.3 Å². The molecule has 1 aliphatic rings. The lowest BCUT2D eigenvalue weighted by molar-refractivity contribution is -0.132. The summed E-state index contributed by atoms with van der Waals surface area (Å²) in [6, 6.07) is 2.16. The molecular formula is C13H17N3O2S. The van der Waals surface area contributed by atoms with Gasteiger partial charge in [-0.2, -0.15) is 5.26 Å². The van der Waals surface area contributed by atoms with Crippen LogP contribution in [0, 0.1) is 16.7 Å². The number of carbonyl (C=O) groups excluding carboxylic acids is 1. The van der Waals surface area contributed by atoms with Crippen molar-refractivity contribution < 1.29 is 9.53 Å². The number of aryl methyl sites for hydroxylation is 1. The molecule has 0 radical (unpaired) electrons. The number of rotatable bonds is 4. The number of thiazole rings is 1. The summed E-state index contributed by atoms with van der Waals surface area (Å²) in [7, 11) is 0. The molecule has 2 heterocycles. The highest BCUT2D eigenvalue weighted by Gasteiger charge is 2.40. The maximum absolute atomic E-state index is 12.2. The topological polar surface area (TPSA) is 75.0 Å². The molecule has 0 atom stereocenters. The van der Waals surface area contributed by atoms with Crippen molar-refractivity contribution in [1.29, 1.82) is 5.26 Å². The van der Waals surface area contributed by atoms with Crippen molar-refractivity contribution >= 4 is 17.2 Å². The number of aromatic nitrogens is 1. The lowest BCUT2D eigenvalue weighted by Gasteiger charge is -2.29. The molecule has 1 saturated heterocycles. The molecule has 0 aliphatic carbocycles. The lowest BCUT2D eigenvalue weighted by atomic mass is 9.81. The van der Waals surface area contributed by atoms with E-state index >= 15 is 0 Å². The van der Waals surface area contributed by atoms with Gasteiger partial charge >= 0.3 is 0 Å². The first-order valence-electron chi connectivity index (χ1n) is 6.41. The zero-order chi connectivity index (χ0) is 13.7. The molecule has 0 saturated carbocycles. The summed E-state index contributed by atoms with van der Waals surface area (Å²) in [6.07, 6.45) is 3.71. The van der Waals surface area contributed by atoms with Gasteiger partial charge in [0.15, 0.2) is 0 Å². The van der Waals surface area contributed by atoms with Gasteiger partial charge in [-0.3, -0.25) is 4.79 Å². The summed E-state index contributed by atoms with van der Waals surface area (Å²) >= 11 is 1.59. The largest absolute Gasteiger partial charge is 0.381 e. The first-order valence-corrected chi connectivity index (χ1v) is 7.23. The lowest BCUT2D eigenvalue weighted by Crippen LogP contribution is -2.43. The number of nitrogens with zero attached hydrogens (tertiary/aromatic N) is 2. The predicted octanol–water partition coefficient (Wildman–Crippen LogP) is 1.64. The molecule has 0 bridgehead atoms. The van der Waals surface area contributed by atoms with Crippen LogP contribution < -0.4 is 5.32 Å². The summed E-state index contributed by atoms with van der Waals surface area (Å²) in [5.41, 5.74) is -0.927. The van der Waals surface area contributed by atoms with E-state index in [1.54, 1.807) is 11.3 Å². The quantitative estimate of drug-likeness (QED) is 0.909. The zero-order valence-electron chi connectivity index (χ0n) is 10.9. The van der Waals surface area contributed by atoms with Crippen LogP contribution in [0.1, 0.15) is 29.7 Å². The van der Waals surface area contributed by atoms with Crippen LogP contribution in [0.3, 0.4) is 0 Å². The number of ether oxygens (including phenoxy) is 1. The monoisotopic (exact) mass is 279 g/mol. The fourth-order valence-electron chi connectivity index (χ4n) is 2.03. The van der Waals surface area contributed by atoms with Crippen LogP contribution in [0.5, 0.6) is 0 Å². The minimum Gasteiger partial charge on any atom is -0.381 e. The van der Waals surface area contributed by atoms with Crippen LogP contribution >= 0.6 is 11.3 Å². The number of nitrogens with one attached hydrogen (secondary N) is 1. The molecular weight excluding hydrogens is 262 g/mol. The molecule has 1 aliphatic heterocycles. The molecule has 1 amide bonds. The fourth-order valence-corrected chi connectivity index (χ4v) is 2.83. The van der Waals surface area contributed by atoms with E-state index in [1.807, 2.05) is 6.20 Å². The van der Waals surface area contributed by atoms with E-state index in [1.165, 1.54) is 4.88 Å². The van der Waals surface area contributed by atoms with E-state index in [4.69, 9.17) is 4.74 Å². The van der Waals surface area contributed by atoms with Crippen LogP contribution in [-0.4, -0.2) is 24.1 Å². The van der Waals surface area contributed by atoms with Crippen molar-refractivity contribution in [2.45, 2.75) is 32.7 Å². The van der Waals surface area contributed by atoms with Gasteiger partial charge in [0.25, 0.3) is 0 Å². The molecule has 1 fully saturated rings. The minimum absolute atomic E-state index is 0.202. The summed E-state index contributed by atoms with van der Waals surface area (Å²) in [5, 5.41) is 13.0. The third kappa shape index (κ3) is 3.11. The number of hydrogen-bond acceptors (Lipinski definition) is 5. The Morgan fingerprint density at radius 3 is 2.95 bits per heavy atom. The highest BCUT2D eigenvalue weighted by Crippen LogP contribution is 2.30. The summed E-state index contributed by atoms with van der Waals surface area (Å²) in [4.78, 5) is 17.6. The molecule has 1 aromatic heterocycles. The van der Waals surface area contributed by atoms with Crippen LogP contribution in [0.2, 0.25) is 0 Å². The fraction of sp³-hybridized carbons (Fsp3) is 0.615. The minimum atomic E-state index is -0.927. The van der Waals surface area contributed by atoms with E-state index in [9.17, 15) is 10.1 Å². The number of hydrogen-bond donors (Lipinski definition) is 1. The van der Waals surface area contributed by atoms with Gasteiger partial charge < -0.3 is 10.1 Å². The Bertz CT molecular complexity index is 486. The average molecular weight is 279 g/mol. The van der Waals surface area contributed by atoms with Crippen LogP contribution in [-0.2, 0) is 22.5 Å². The van der Waals surface area contributed by atoms with Crippen molar-refractivity contribution in [3.8, 4) is 6.07 Å². The smallest absolute Gasteiger partial charge is 0.241 e. The Hall–Kier alpha value is -1.45. The van der Waals surface area contributed by atoms with Gasteiger partial charge in [-0.25, -0.2) is 4.98 Å². The molecule has 0 aromatic carbocycles. The van der Waals surface area contributed by atoms with Crippen LogP contribution in [0.25, 0.3) is 0 Å².